The molecular weight excluding hydrogens is 1280 g/mol. The van der Waals surface area contributed by atoms with Crippen molar-refractivity contribution in [3.8, 4) is 90.3 Å². The van der Waals surface area contributed by atoms with Crippen molar-refractivity contribution < 1.29 is 36.9 Å². The third-order valence-electron chi connectivity index (χ3n) is 20.5. The standard InChI is InChI=1S/C92H102N8O4/c1-97(2,3)37-21-25-41-101-71-45-69(46-72(57-71)102-42-26-22-38-98(4,5)6)87-89-79-53-65-33-17-13-29-61(65)49-75(79)83(93-89)59-85-77-51-63-31-15-19-35-67(63)55-81(77)91(95-85)88(70-47-73(103-43-27-23-39-99(7,8)9)58-74(48-70)104-44-28-24-40-100(10,11)12)92-82-56-68-36-20-16-32-64(68)52-78(82)86(96-92)60-84-76-50-62-30-14-18-34-66(62)54-80(76)90(87)94-84/h13-20,29-36,45-60,93,96H,21-28,37-44H2,1-12H3/q+4. The van der Waals surface area contributed by atoms with Gasteiger partial charge in [0.1, 0.15) is 23.0 Å². The third-order valence-corrected chi connectivity index (χ3v) is 20.5. The highest BCUT2D eigenvalue weighted by Crippen LogP contribution is 2.51. The summed E-state index contributed by atoms with van der Waals surface area (Å²) in [5.74, 6) is 3.03. The molecule has 0 amide bonds. The van der Waals surface area contributed by atoms with Crippen LogP contribution in [0.15, 0.2) is 194 Å². The van der Waals surface area contributed by atoms with Crippen LogP contribution in [0.1, 0.15) is 51.4 Å². The first-order chi connectivity index (χ1) is 50.0. The van der Waals surface area contributed by atoms with Crippen molar-refractivity contribution in [1.29, 1.82) is 0 Å². The number of aromatic nitrogens is 4. The highest BCUT2D eigenvalue weighted by atomic mass is 16.5. The van der Waals surface area contributed by atoms with E-state index in [1.807, 2.05) is 0 Å². The highest BCUT2D eigenvalue weighted by molar-refractivity contribution is 6.21. The number of quaternary nitrogens is 4. The molecule has 0 saturated heterocycles. The molecule has 10 aromatic carbocycles. The van der Waals surface area contributed by atoms with Crippen LogP contribution in [0.5, 0.6) is 23.0 Å². The number of rotatable bonds is 26. The zero-order valence-corrected chi connectivity index (χ0v) is 63.1. The van der Waals surface area contributed by atoms with Crippen molar-refractivity contribution in [2.24, 2.45) is 0 Å². The predicted molar refractivity (Wildman–Crippen MR) is 436 cm³/mol. The van der Waals surface area contributed by atoms with Crippen molar-refractivity contribution in [2.45, 2.75) is 51.4 Å². The SMILES string of the molecule is C[N+](C)(C)CCCCOc1cc(OCCCC[N+](C)(C)C)cc(-c2c3nc(cc4[nH]c(c(-c5cc(OCCCC[N+](C)(C)C)cc(OCCCC[N+](C)(C)C)c5)c5nc(cc6[nH]c2c2cc7ccccc7cc62)-c2cc6ccccc6cc2-5)c2cc5ccccc5cc42)-c2cc4ccccc4cc2-3)c1. The van der Waals surface area contributed by atoms with Crippen LogP contribution in [0.25, 0.3) is 154 Å². The van der Waals surface area contributed by atoms with Crippen LogP contribution in [0.4, 0.5) is 0 Å². The van der Waals surface area contributed by atoms with Crippen molar-refractivity contribution >= 4 is 86.7 Å². The maximum atomic E-state index is 6.95. The normalized spacial score (nSPS) is 12.7. The Labute approximate surface area is 613 Å². The highest BCUT2D eigenvalue weighted by Gasteiger charge is 2.29. The lowest BCUT2D eigenvalue weighted by Gasteiger charge is -2.23. The molecule has 104 heavy (non-hydrogen) atoms. The zero-order valence-electron chi connectivity index (χ0n) is 63.1. The molecule has 13 aromatic rings. The lowest BCUT2D eigenvalue weighted by atomic mass is 9.93. The molecule has 2 aliphatic heterocycles. The summed E-state index contributed by atoms with van der Waals surface area (Å²) in [6.45, 7) is 6.51. The Morgan fingerprint density at radius 2 is 0.538 bits per heavy atom. The minimum atomic E-state index is 0.572. The fourth-order valence-electron chi connectivity index (χ4n) is 15.2. The summed E-state index contributed by atoms with van der Waals surface area (Å²) in [4.78, 5) is 20.7. The molecule has 0 unspecified atom stereocenters. The second-order valence-corrected chi connectivity index (χ2v) is 33.2. The van der Waals surface area contributed by atoms with Crippen LogP contribution in [-0.2, 0) is 0 Å². The molecule has 8 bridgehead atoms. The Bertz CT molecular complexity index is 5170. The minimum Gasteiger partial charge on any atom is -0.493 e. The molecular formula is C92H102N8O4+4. The second-order valence-electron chi connectivity index (χ2n) is 33.2. The quantitative estimate of drug-likeness (QED) is 0.0414. The van der Waals surface area contributed by atoms with Gasteiger partial charge in [0.25, 0.3) is 0 Å². The molecule has 3 aromatic heterocycles. The molecule has 0 aliphatic carbocycles. The van der Waals surface area contributed by atoms with Crippen LogP contribution in [0, 0.1) is 0 Å². The Balaban J connectivity index is 1.07. The summed E-state index contributed by atoms with van der Waals surface area (Å²) in [7, 11) is 27.1. The Kier molecular flexibility index (Phi) is 19.1. The number of ether oxygens (including phenoxy) is 4. The molecule has 2 aliphatic rings. The van der Waals surface area contributed by atoms with E-state index in [1.54, 1.807) is 0 Å². The van der Waals surface area contributed by atoms with Gasteiger partial charge in [0.2, 0.25) is 0 Å². The molecule has 0 atom stereocenters. The first-order valence-corrected chi connectivity index (χ1v) is 37.5. The van der Waals surface area contributed by atoms with Crippen LogP contribution >= 0.6 is 0 Å². The zero-order chi connectivity index (χ0) is 72.1. The maximum absolute atomic E-state index is 6.95. The van der Waals surface area contributed by atoms with Gasteiger partial charge in [-0.3, -0.25) is 0 Å². The monoisotopic (exact) mass is 1380 g/mol. The molecule has 0 fully saturated rings. The van der Waals surface area contributed by atoms with Gasteiger partial charge in [0.05, 0.1) is 171 Å². The van der Waals surface area contributed by atoms with Crippen LogP contribution in [0.2, 0.25) is 0 Å². The van der Waals surface area contributed by atoms with E-state index in [9.17, 15) is 0 Å². The summed E-state index contributed by atoms with van der Waals surface area (Å²) in [6, 6.07) is 71.5. The fraction of sp³-hybridized carbons (Fsp3) is 0.304. The first kappa shape index (κ1) is 69.6. The molecule has 2 N–H and O–H groups in total. The Morgan fingerprint density at radius 1 is 0.279 bits per heavy atom. The summed E-state index contributed by atoms with van der Waals surface area (Å²) < 4.78 is 31.4. The number of H-pyrrole nitrogens is 2. The van der Waals surface area contributed by atoms with E-state index < -0.39 is 0 Å². The topological polar surface area (TPSA) is 94.3 Å². The summed E-state index contributed by atoms with van der Waals surface area (Å²) >= 11 is 0. The van der Waals surface area contributed by atoms with Gasteiger partial charge >= 0.3 is 0 Å². The van der Waals surface area contributed by atoms with Gasteiger partial charge in [-0.1, -0.05) is 97.1 Å². The van der Waals surface area contributed by atoms with E-state index in [2.05, 4.69) is 289 Å². The van der Waals surface area contributed by atoms with E-state index in [0.29, 0.717) is 26.4 Å². The van der Waals surface area contributed by atoms with E-state index in [-0.39, 0.29) is 0 Å². The van der Waals surface area contributed by atoms with Gasteiger partial charge in [0, 0.05) is 78.1 Å². The number of hydrogen-bond acceptors (Lipinski definition) is 6. The molecule has 0 saturated carbocycles. The number of benzene rings is 10. The average Bonchev–Trinajstić information content (AvgIpc) is 1.56. The van der Waals surface area contributed by atoms with Crippen molar-refractivity contribution in [3.05, 3.63) is 194 Å². The first-order valence-electron chi connectivity index (χ1n) is 37.5. The smallest absolute Gasteiger partial charge is 0.123 e. The van der Waals surface area contributed by atoms with Gasteiger partial charge in [0.15, 0.2) is 0 Å². The average molecular weight is 1380 g/mol. The summed E-state index contributed by atoms with van der Waals surface area (Å²) in [5, 5.41) is 13.3. The van der Waals surface area contributed by atoms with Gasteiger partial charge in [-0.05, 0) is 191 Å². The minimum absolute atomic E-state index is 0.572. The van der Waals surface area contributed by atoms with Gasteiger partial charge in [-0.2, -0.15) is 0 Å². The molecule has 12 nitrogen and oxygen atoms in total. The maximum Gasteiger partial charge on any atom is 0.123 e. The van der Waals surface area contributed by atoms with Crippen LogP contribution in [-0.4, -0.2) is 175 Å². The summed E-state index contributed by atoms with van der Waals surface area (Å²) in [5.41, 5.74) is 15.0. The third kappa shape index (κ3) is 15.4. The molecule has 15 rings (SSSR count). The van der Waals surface area contributed by atoms with Crippen molar-refractivity contribution in [2.75, 3.05) is 137 Å². The van der Waals surface area contributed by atoms with Gasteiger partial charge < -0.3 is 46.8 Å². The predicted octanol–water partition coefficient (Wildman–Crippen LogP) is 20.7. The number of fused-ring (bicyclic) bond motifs is 24. The lowest BCUT2D eigenvalue weighted by Crippen LogP contribution is -2.35. The Hall–Kier alpha value is -10.1. The van der Waals surface area contributed by atoms with Gasteiger partial charge in [-0.25, -0.2) is 9.97 Å². The molecule has 0 spiro atoms. The summed E-state index contributed by atoms with van der Waals surface area (Å²) in [6.07, 6.45) is 7.85. The number of aromatic amines is 2. The lowest BCUT2D eigenvalue weighted by molar-refractivity contribution is -0.870. The second kappa shape index (κ2) is 28.5. The van der Waals surface area contributed by atoms with E-state index in [4.69, 9.17) is 28.9 Å². The van der Waals surface area contributed by atoms with E-state index in [1.165, 1.54) is 0 Å². The Morgan fingerprint density at radius 3 is 0.817 bits per heavy atom. The molecule has 12 heteroatoms. The van der Waals surface area contributed by atoms with E-state index in [0.717, 1.165) is 272 Å². The number of hydrogen-bond donors (Lipinski definition) is 2. The molecule has 5 heterocycles. The number of nitrogens with zero attached hydrogens (tertiary/aromatic N) is 6. The number of unbranched alkanes of at least 4 members (excludes halogenated alkanes) is 4. The largest absolute Gasteiger partial charge is 0.493 e. The number of nitrogens with one attached hydrogen (secondary N) is 2. The van der Waals surface area contributed by atoms with Crippen molar-refractivity contribution in [1.82, 2.24) is 19.9 Å². The van der Waals surface area contributed by atoms with Gasteiger partial charge in [-0.15, -0.1) is 0 Å². The van der Waals surface area contributed by atoms with Crippen LogP contribution in [0.3, 0.4) is 0 Å². The molecule has 530 valence electrons. The van der Waals surface area contributed by atoms with Crippen molar-refractivity contribution in [3.63, 3.8) is 0 Å². The molecule has 0 radical (unpaired) electrons. The fourth-order valence-corrected chi connectivity index (χ4v) is 15.2. The van der Waals surface area contributed by atoms with E-state index >= 15 is 0 Å². The van der Waals surface area contributed by atoms with Crippen LogP contribution < -0.4 is 18.9 Å².